The maximum Gasteiger partial charge on any atom is 0.303 e. The first-order chi connectivity index (χ1) is 15.6. The smallest absolute Gasteiger partial charge is 0.303 e. The van der Waals surface area contributed by atoms with Gasteiger partial charge in [0.15, 0.2) is 12.6 Å². The number of ether oxygens (including phenoxy) is 4. The van der Waals surface area contributed by atoms with Gasteiger partial charge in [-0.25, -0.2) is 0 Å². The largest absolute Gasteiger partial charge is 0.481 e. The van der Waals surface area contributed by atoms with Gasteiger partial charge >= 0.3 is 5.97 Å². The number of unbranched alkanes of at least 4 members (excludes halogenated alkanes) is 1. The Kier molecular flexibility index (Phi) is 10.8. The predicted octanol–water partition coefficient (Wildman–Crippen LogP) is 3.87. The molecule has 2 aliphatic heterocycles. The number of aliphatic carboxylic acids is 1. The minimum atomic E-state index is -0.889. The predicted molar refractivity (Wildman–Crippen MR) is 119 cm³/mol. The van der Waals surface area contributed by atoms with Gasteiger partial charge in [-0.1, -0.05) is 12.8 Å². The van der Waals surface area contributed by atoms with Crippen molar-refractivity contribution in [2.75, 3.05) is 13.2 Å². The lowest BCUT2D eigenvalue weighted by molar-refractivity contribution is -0.198. The molecule has 3 rings (SSSR count). The summed E-state index contributed by atoms with van der Waals surface area (Å²) < 4.78 is 23.9. The molecule has 3 aliphatic rings. The van der Waals surface area contributed by atoms with Gasteiger partial charge < -0.3 is 29.2 Å². The summed E-state index contributed by atoms with van der Waals surface area (Å²) in [6.45, 7) is 3.50. The second-order valence-electron chi connectivity index (χ2n) is 9.27. The number of carboxylic acid groups (broad SMARTS) is 1. The molecule has 7 atom stereocenters. The highest BCUT2D eigenvalue weighted by atomic mass is 16.7. The van der Waals surface area contributed by atoms with Crippen LogP contribution in [0.4, 0.5) is 0 Å². The fourth-order valence-corrected chi connectivity index (χ4v) is 5.04. The molecule has 0 radical (unpaired) electrons. The van der Waals surface area contributed by atoms with Crippen LogP contribution in [0.2, 0.25) is 0 Å². The van der Waals surface area contributed by atoms with Crippen LogP contribution in [0, 0.1) is 23.7 Å². The summed E-state index contributed by atoms with van der Waals surface area (Å²) in [5, 5.41) is 20.1. The molecular formula is C25H40O7. The number of hydrogen-bond donors (Lipinski definition) is 2. The lowest BCUT2D eigenvalue weighted by Crippen LogP contribution is -2.33. The fraction of sp³-hybridized carbons (Fsp3) is 0.880. The SMILES string of the molecule is CCCC#CC(CC[C@@H]1[C@@H](CC(=O)O)[C@@H](O)C[C@H]1OC1CCCCO1)OC1CCCCO1. The molecule has 3 unspecified atom stereocenters. The van der Waals surface area contributed by atoms with Crippen molar-refractivity contribution in [3.63, 3.8) is 0 Å². The zero-order valence-electron chi connectivity index (χ0n) is 19.4. The molecule has 2 N–H and O–H groups in total. The Morgan fingerprint density at radius 2 is 1.81 bits per heavy atom. The first-order valence-corrected chi connectivity index (χ1v) is 12.5. The fourth-order valence-electron chi connectivity index (χ4n) is 5.04. The van der Waals surface area contributed by atoms with Crippen molar-refractivity contribution < 1.29 is 34.0 Å². The van der Waals surface area contributed by atoms with Crippen LogP contribution in [0.5, 0.6) is 0 Å². The van der Waals surface area contributed by atoms with Gasteiger partial charge in [0.1, 0.15) is 6.10 Å². The third-order valence-electron chi connectivity index (χ3n) is 6.72. The molecule has 0 spiro atoms. The zero-order chi connectivity index (χ0) is 22.8. The van der Waals surface area contributed by atoms with Crippen LogP contribution in [-0.2, 0) is 23.7 Å². The maximum absolute atomic E-state index is 11.5. The van der Waals surface area contributed by atoms with Crippen molar-refractivity contribution in [2.24, 2.45) is 11.8 Å². The molecule has 182 valence electrons. The highest BCUT2D eigenvalue weighted by Gasteiger charge is 2.45. The Labute approximate surface area is 192 Å². The minimum Gasteiger partial charge on any atom is -0.481 e. The average Bonchev–Trinajstić information content (AvgIpc) is 3.06. The van der Waals surface area contributed by atoms with Crippen molar-refractivity contribution >= 4 is 5.97 Å². The van der Waals surface area contributed by atoms with Crippen LogP contribution in [0.25, 0.3) is 0 Å². The van der Waals surface area contributed by atoms with Crippen LogP contribution in [-0.4, -0.2) is 60.3 Å². The van der Waals surface area contributed by atoms with Gasteiger partial charge in [-0.15, -0.1) is 5.92 Å². The van der Waals surface area contributed by atoms with Gasteiger partial charge in [-0.3, -0.25) is 4.79 Å². The van der Waals surface area contributed by atoms with Crippen LogP contribution in [0.15, 0.2) is 0 Å². The molecule has 1 aliphatic carbocycles. The van der Waals surface area contributed by atoms with E-state index in [1.165, 1.54) is 0 Å². The van der Waals surface area contributed by atoms with E-state index in [0.29, 0.717) is 32.5 Å². The summed E-state index contributed by atoms with van der Waals surface area (Å²) in [6, 6.07) is 0. The molecule has 32 heavy (non-hydrogen) atoms. The number of carbonyl (C=O) groups is 1. The molecule has 0 bridgehead atoms. The van der Waals surface area contributed by atoms with E-state index in [-0.39, 0.29) is 43.0 Å². The molecule has 2 heterocycles. The number of carboxylic acids is 1. The molecule has 7 nitrogen and oxygen atoms in total. The maximum atomic E-state index is 11.5. The molecule has 0 aromatic heterocycles. The Bertz CT molecular complexity index is 616. The number of aliphatic hydroxyl groups excluding tert-OH is 1. The second-order valence-corrected chi connectivity index (χ2v) is 9.27. The summed E-state index contributed by atoms with van der Waals surface area (Å²) in [7, 11) is 0. The van der Waals surface area contributed by atoms with Crippen molar-refractivity contribution in [3.05, 3.63) is 0 Å². The van der Waals surface area contributed by atoms with E-state index in [2.05, 4.69) is 18.8 Å². The van der Waals surface area contributed by atoms with Crippen LogP contribution >= 0.6 is 0 Å². The van der Waals surface area contributed by atoms with E-state index in [9.17, 15) is 15.0 Å². The van der Waals surface area contributed by atoms with Crippen LogP contribution < -0.4 is 0 Å². The van der Waals surface area contributed by atoms with E-state index in [0.717, 1.165) is 51.4 Å². The summed E-state index contributed by atoms with van der Waals surface area (Å²) in [4.78, 5) is 11.5. The van der Waals surface area contributed by atoms with Crippen molar-refractivity contribution in [1.82, 2.24) is 0 Å². The number of aliphatic hydroxyl groups is 1. The Hall–Kier alpha value is -1.17. The molecule has 0 amide bonds. The molecule has 0 aromatic carbocycles. The third-order valence-corrected chi connectivity index (χ3v) is 6.72. The minimum absolute atomic E-state index is 0.0595. The Morgan fingerprint density at radius 3 is 2.44 bits per heavy atom. The summed E-state index contributed by atoms with van der Waals surface area (Å²) in [6.07, 6.45) is 7.86. The van der Waals surface area contributed by atoms with Gasteiger partial charge in [0.25, 0.3) is 0 Å². The van der Waals surface area contributed by atoms with E-state index in [1.54, 1.807) is 0 Å². The summed E-state index contributed by atoms with van der Waals surface area (Å²) in [5.74, 6) is 5.17. The molecule has 7 heteroatoms. The van der Waals surface area contributed by atoms with Crippen LogP contribution in [0.3, 0.4) is 0 Å². The van der Waals surface area contributed by atoms with E-state index in [4.69, 9.17) is 18.9 Å². The highest BCUT2D eigenvalue weighted by Crippen LogP contribution is 2.41. The van der Waals surface area contributed by atoms with E-state index >= 15 is 0 Å². The molecule has 3 fully saturated rings. The lowest BCUT2D eigenvalue weighted by Gasteiger charge is -2.31. The summed E-state index contributed by atoms with van der Waals surface area (Å²) in [5.41, 5.74) is 0. The molecule has 0 aromatic rings. The van der Waals surface area contributed by atoms with Gasteiger partial charge in [-0.05, 0) is 63.7 Å². The van der Waals surface area contributed by atoms with Crippen molar-refractivity contribution in [3.8, 4) is 11.8 Å². The highest BCUT2D eigenvalue weighted by molar-refractivity contribution is 5.67. The van der Waals surface area contributed by atoms with Crippen molar-refractivity contribution in [2.45, 2.75) is 115 Å². The number of rotatable bonds is 10. The van der Waals surface area contributed by atoms with Gasteiger partial charge in [0.05, 0.1) is 18.6 Å². The topological polar surface area (TPSA) is 94.5 Å². The summed E-state index contributed by atoms with van der Waals surface area (Å²) >= 11 is 0. The Morgan fingerprint density at radius 1 is 1.09 bits per heavy atom. The standard InChI is InChI=1S/C25H40O7/c1-2-3-4-9-18(31-24-10-5-7-14-29-24)12-13-19-20(16-23(27)28)21(26)17-22(19)32-25-11-6-8-15-30-25/h18-22,24-26H,2-3,5-8,10-17H2,1H3,(H,27,28)/t18?,19-,20-,21+,22-,24?,25?/m1/s1. The zero-order valence-corrected chi connectivity index (χ0v) is 19.4. The lowest BCUT2D eigenvalue weighted by atomic mass is 9.86. The van der Waals surface area contributed by atoms with Gasteiger partial charge in [0.2, 0.25) is 0 Å². The normalized spacial score (nSPS) is 33.9. The second kappa shape index (κ2) is 13.5. The van der Waals surface area contributed by atoms with Gasteiger partial charge in [0, 0.05) is 32.0 Å². The van der Waals surface area contributed by atoms with Crippen LogP contribution in [0.1, 0.15) is 84.0 Å². The number of hydrogen-bond acceptors (Lipinski definition) is 6. The monoisotopic (exact) mass is 452 g/mol. The third kappa shape index (κ3) is 8.00. The Balaban J connectivity index is 1.65. The molecular weight excluding hydrogens is 412 g/mol. The van der Waals surface area contributed by atoms with E-state index < -0.39 is 12.1 Å². The van der Waals surface area contributed by atoms with Crippen molar-refractivity contribution in [1.29, 1.82) is 0 Å². The molecule has 2 saturated heterocycles. The van der Waals surface area contributed by atoms with Gasteiger partial charge in [-0.2, -0.15) is 0 Å². The molecule has 1 saturated carbocycles. The first-order valence-electron chi connectivity index (χ1n) is 12.5. The average molecular weight is 453 g/mol. The van der Waals surface area contributed by atoms with E-state index in [1.807, 2.05) is 0 Å². The first kappa shape index (κ1) is 25.5. The quantitative estimate of drug-likeness (QED) is 0.486.